The van der Waals surface area contributed by atoms with Crippen molar-refractivity contribution in [2.45, 2.75) is 46.1 Å². The van der Waals surface area contributed by atoms with E-state index in [4.69, 9.17) is 9.84 Å². The quantitative estimate of drug-likeness (QED) is 0.838. The molecule has 0 aromatic carbocycles. The fourth-order valence-electron chi connectivity index (χ4n) is 1.60. The summed E-state index contributed by atoms with van der Waals surface area (Å²) in [6, 6.07) is 0. The number of ether oxygens (including phenoxy) is 1. The minimum Gasteiger partial charge on any atom is -0.485 e. The predicted octanol–water partition coefficient (Wildman–Crippen LogP) is 3.10. The molecule has 0 saturated carbocycles. The lowest BCUT2D eigenvalue weighted by molar-refractivity contribution is 0.121. The molecule has 0 saturated heterocycles. The van der Waals surface area contributed by atoms with E-state index in [1.54, 1.807) is 20.8 Å². The molecule has 1 N–H and O–H groups in total. The first kappa shape index (κ1) is 15.8. The topological polar surface area (TPSA) is 42.4 Å². The van der Waals surface area contributed by atoms with Gasteiger partial charge < -0.3 is 9.84 Å². The molecule has 108 valence electrons. The molecule has 0 amide bonds. The molecule has 19 heavy (non-hydrogen) atoms. The first-order valence-corrected chi connectivity index (χ1v) is 6.37. The smallest absolute Gasteiger partial charge is 0.219 e. The SMILES string of the molecule is CC(CO)CCc1c(F)ncc(F)c1OC(C)(C)C. The highest BCUT2D eigenvalue weighted by molar-refractivity contribution is 5.33. The molecule has 1 heterocycles. The van der Waals surface area contributed by atoms with Crippen LogP contribution in [0.4, 0.5) is 8.78 Å². The number of aliphatic hydroxyl groups excluding tert-OH is 1. The molecule has 0 aliphatic heterocycles. The maximum Gasteiger partial charge on any atom is 0.219 e. The molecular weight excluding hydrogens is 252 g/mol. The second-order valence-corrected chi connectivity index (χ2v) is 5.75. The number of pyridine rings is 1. The number of hydrogen-bond acceptors (Lipinski definition) is 3. The first-order valence-electron chi connectivity index (χ1n) is 6.37. The molecule has 1 atom stereocenters. The van der Waals surface area contributed by atoms with E-state index < -0.39 is 17.4 Å². The van der Waals surface area contributed by atoms with Crippen LogP contribution < -0.4 is 4.74 Å². The molecule has 0 fully saturated rings. The Morgan fingerprint density at radius 3 is 2.53 bits per heavy atom. The van der Waals surface area contributed by atoms with Gasteiger partial charge in [-0.2, -0.15) is 4.39 Å². The Hall–Kier alpha value is -1.23. The van der Waals surface area contributed by atoms with Crippen LogP contribution in [-0.2, 0) is 6.42 Å². The van der Waals surface area contributed by atoms with Gasteiger partial charge in [0, 0.05) is 6.61 Å². The largest absolute Gasteiger partial charge is 0.485 e. The number of hydrogen-bond donors (Lipinski definition) is 1. The summed E-state index contributed by atoms with van der Waals surface area (Å²) in [5.41, 5.74) is -0.485. The Balaban J connectivity index is 3.03. The van der Waals surface area contributed by atoms with Gasteiger partial charge in [0.2, 0.25) is 5.95 Å². The van der Waals surface area contributed by atoms with E-state index in [0.717, 1.165) is 6.20 Å². The van der Waals surface area contributed by atoms with E-state index >= 15 is 0 Å². The number of aromatic nitrogens is 1. The van der Waals surface area contributed by atoms with Crippen LogP contribution in [0.25, 0.3) is 0 Å². The van der Waals surface area contributed by atoms with Gasteiger partial charge in [-0.25, -0.2) is 9.37 Å². The summed E-state index contributed by atoms with van der Waals surface area (Å²) in [6.07, 6.45) is 1.65. The molecular formula is C14H21F2NO2. The van der Waals surface area contributed by atoms with Gasteiger partial charge in [-0.15, -0.1) is 0 Å². The average Bonchev–Trinajstić information content (AvgIpc) is 2.31. The van der Waals surface area contributed by atoms with Crippen LogP contribution in [0, 0.1) is 17.7 Å². The maximum atomic E-state index is 13.8. The van der Waals surface area contributed by atoms with Gasteiger partial charge >= 0.3 is 0 Å². The summed E-state index contributed by atoms with van der Waals surface area (Å²) in [4.78, 5) is 3.39. The van der Waals surface area contributed by atoms with Crippen molar-refractivity contribution in [2.24, 2.45) is 5.92 Å². The molecule has 0 spiro atoms. The van der Waals surface area contributed by atoms with Crippen molar-refractivity contribution in [2.75, 3.05) is 6.61 Å². The molecule has 3 nitrogen and oxygen atoms in total. The third-order valence-electron chi connectivity index (χ3n) is 2.64. The summed E-state index contributed by atoms with van der Waals surface area (Å²) in [6.45, 7) is 7.16. The molecule has 1 aromatic heterocycles. The van der Waals surface area contributed by atoms with Gasteiger partial charge in [-0.1, -0.05) is 6.92 Å². The second kappa shape index (κ2) is 6.28. The van der Waals surface area contributed by atoms with E-state index in [0.29, 0.717) is 6.42 Å². The van der Waals surface area contributed by atoms with E-state index in [1.165, 1.54) is 0 Å². The van der Waals surface area contributed by atoms with Crippen molar-refractivity contribution in [3.63, 3.8) is 0 Å². The Morgan fingerprint density at radius 2 is 2.00 bits per heavy atom. The molecule has 0 aliphatic carbocycles. The molecule has 0 radical (unpaired) electrons. The normalized spacial score (nSPS) is 13.4. The minimum absolute atomic E-state index is 0.0137. The Bertz CT molecular complexity index is 430. The van der Waals surface area contributed by atoms with Crippen LogP contribution in [0.5, 0.6) is 5.75 Å². The summed E-state index contributed by atoms with van der Waals surface area (Å²) in [7, 11) is 0. The molecule has 5 heteroatoms. The highest BCUT2D eigenvalue weighted by atomic mass is 19.1. The van der Waals surface area contributed by atoms with Crippen LogP contribution in [0.3, 0.4) is 0 Å². The standard InChI is InChI=1S/C14H21F2NO2/c1-9(8-18)5-6-10-12(19-14(2,3)4)11(15)7-17-13(10)16/h7,9,18H,5-6,8H2,1-4H3. The zero-order chi connectivity index (χ0) is 14.6. The van der Waals surface area contributed by atoms with Gasteiger partial charge in [0.25, 0.3) is 0 Å². The summed E-state index contributed by atoms with van der Waals surface area (Å²) in [5, 5.41) is 8.98. The van der Waals surface area contributed by atoms with Gasteiger partial charge in [-0.3, -0.25) is 0 Å². The highest BCUT2D eigenvalue weighted by Gasteiger charge is 2.22. The molecule has 1 rings (SSSR count). The minimum atomic E-state index is -0.717. The summed E-state index contributed by atoms with van der Waals surface area (Å²) in [5.74, 6) is -1.44. The lowest BCUT2D eigenvalue weighted by atomic mass is 10.0. The third-order valence-corrected chi connectivity index (χ3v) is 2.64. The van der Waals surface area contributed by atoms with Crippen LogP contribution >= 0.6 is 0 Å². The summed E-state index contributed by atoms with van der Waals surface area (Å²) < 4.78 is 33.0. The van der Waals surface area contributed by atoms with E-state index in [-0.39, 0.29) is 30.3 Å². The molecule has 1 unspecified atom stereocenters. The van der Waals surface area contributed by atoms with Crippen molar-refractivity contribution in [1.82, 2.24) is 4.98 Å². The fraction of sp³-hybridized carbons (Fsp3) is 0.643. The zero-order valence-corrected chi connectivity index (χ0v) is 11.8. The van der Waals surface area contributed by atoms with Crippen molar-refractivity contribution < 1.29 is 18.6 Å². The van der Waals surface area contributed by atoms with Gasteiger partial charge in [0.1, 0.15) is 5.60 Å². The predicted molar refractivity (Wildman–Crippen MR) is 69.1 cm³/mol. The monoisotopic (exact) mass is 273 g/mol. The number of nitrogens with zero attached hydrogens (tertiary/aromatic N) is 1. The van der Waals surface area contributed by atoms with Crippen molar-refractivity contribution in [1.29, 1.82) is 0 Å². The lowest BCUT2D eigenvalue weighted by Crippen LogP contribution is -2.25. The van der Waals surface area contributed by atoms with Crippen LogP contribution in [0.1, 0.15) is 39.7 Å². The Morgan fingerprint density at radius 1 is 1.37 bits per heavy atom. The van der Waals surface area contributed by atoms with Crippen LogP contribution in [0.15, 0.2) is 6.20 Å². The summed E-state index contributed by atoms with van der Waals surface area (Å²) >= 11 is 0. The van der Waals surface area contributed by atoms with E-state index in [9.17, 15) is 8.78 Å². The van der Waals surface area contributed by atoms with Crippen LogP contribution in [-0.4, -0.2) is 22.3 Å². The highest BCUT2D eigenvalue weighted by Crippen LogP contribution is 2.29. The third kappa shape index (κ3) is 4.74. The Kier molecular flexibility index (Phi) is 5.23. The second-order valence-electron chi connectivity index (χ2n) is 5.75. The molecule has 0 bridgehead atoms. The number of aliphatic hydroxyl groups is 1. The fourth-order valence-corrected chi connectivity index (χ4v) is 1.60. The molecule has 0 aliphatic rings. The average molecular weight is 273 g/mol. The van der Waals surface area contributed by atoms with Crippen molar-refractivity contribution >= 4 is 0 Å². The molecule has 1 aromatic rings. The lowest BCUT2D eigenvalue weighted by Gasteiger charge is -2.24. The van der Waals surface area contributed by atoms with E-state index in [2.05, 4.69) is 4.98 Å². The Labute approximate surface area is 112 Å². The zero-order valence-electron chi connectivity index (χ0n) is 11.8. The van der Waals surface area contributed by atoms with Gasteiger partial charge in [0.15, 0.2) is 11.6 Å². The van der Waals surface area contributed by atoms with Crippen LogP contribution in [0.2, 0.25) is 0 Å². The van der Waals surface area contributed by atoms with Gasteiger partial charge in [0.05, 0.1) is 11.8 Å². The van der Waals surface area contributed by atoms with Gasteiger partial charge in [-0.05, 0) is 39.5 Å². The first-order chi connectivity index (χ1) is 8.74. The van der Waals surface area contributed by atoms with E-state index in [1.807, 2.05) is 6.92 Å². The van der Waals surface area contributed by atoms with Crippen molar-refractivity contribution in [3.05, 3.63) is 23.5 Å². The number of rotatable bonds is 5. The number of halogens is 2. The van der Waals surface area contributed by atoms with Crippen molar-refractivity contribution in [3.8, 4) is 5.75 Å². The maximum absolute atomic E-state index is 13.8.